The Kier molecular flexibility index (Phi) is 2.49. The molecule has 6 rings (SSSR count). The number of rotatable bonds is 2. The van der Waals surface area contributed by atoms with Gasteiger partial charge in [-0.3, -0.25) is 4.79 Å². The van der Waals surface area contributed by atoms with Gasteiger partial charge in [0.25, 0.3) is 0 Å². The third-order valence-corrected chi connectivity index (χ3v) is 6.77. The van der Waals surface area contributed by atoms with E-state index < -0.39 is 0 Å². The summed E-state index contributed by atoms with van der Waals surface area (Å²) in [7, 11) is 0. The van der Waals surface area contributed by atoms with Gasteiger partial charge < -0.3 is 4.98 Å². The number of carbonyl (C=O) groups is 1. The molecule has 1 heterocycles. The minimum Gasteiger partial charge on any atom is -0.357 e. The van der Waals surface area contributed by atoms with E-state index in [4.69, 9.17) is 0 Å². The normalized spacial score (nSPS) is 36.1. The summed E-state index contributed by atoms with van der Waals surface area (Å²) in [6.07, 6.45) is 9.31. The molecule has 0 amide bonds. The number of aldehydes is 1. The third kappa shape index (κ3) is 1.59. The van der Waals surface area contributed by atoms with Crippen molar-refractivity contribution in [2.24, 2.45) is 17.8 Å². The molecule has 1 N–H and O–H groups in total. The summed E-state index contributed by atoms with van der Waals surface area (Å²) in [5.41, 5.74) is 4.90. The Morgan fingerprint density at radius 2 is 1.73 bits per heavy atom. The summed E-state index contributed by atoms with van der Waals surface area (Å²) in [4.78, 5) is 15.6. The Hall–Kier alpha value is -1.57. The lowest BCUT2D eigenvalue weighted by Gasteiger charge is -2.56. The first-order chi connectivity index (χ1) is 10.7. The standard InChI is InChI=1S/C20H23NO/c1-12-3-2-4-16-17(11-22)19(21-18(12)16)20-8-13-5-14(9-20)7-15(6-13)10-20/h2-4,11,13-15,21H,5-10H2,1H3. The summed E-state index contributed by atoms with van der Waals surface area (Å²) in [5, 5.41) is 1.13. The number of H-pyrrole nitrogens is 1. The topological polar surface area (TPSA) is 32.9 Å². The molecule has 1 aromatic carbocycles. The summed E-state index contributed by atoms with van der Waals surface area (Å²) in [6.45, 7) is 2.14. The molecule has 0 spiro atoms. The molecular weight excluding hydrogens is 270 g/mol. The van der Waals surface area contributed by atoms with Crippen molar-refractivity contribution in [3.63, 3.8) is 0 Å². The highest BCUT2D eigenvalue weighted by molar-refractivity contribution is 6.00. The zero-order valence-electron chi connectivity index (χ0n) is 13.2. The lowest BCUT2D eigenvalue weighted by atomic mass is 9.48. The van der Waals surface area contributed by atoms with Crippen LogP contribution < -0.4 is 0 Å². The van der Waals surface area contributed by atoms with E-state index >= 15 is 0 Å². The summed E-state index contributed by atoms with van der Waals surface area (Å²) in [5.74, 6) is 2.70. The Balaban J connectivity index is 1.73. The van der Waals surface area contributed by atoms with Crippen molar-refractivity contribution in [3.8, 4) is 0 Å². The number of hydrogen-bond donors (Lipinski definition) is 1. The van der Waals surface area contributed by atoms with E-state index in [1.165, 1.54) is 55.3 Å². The fourth-order valence-corrected chi connectivity index (χ4v) is 6.34. The van der Waals surface area contributed by atoms with Gasteiger partial charge in [0.2, 0.25) is 0 Å². The van der Waals surface area contributed by atoms with Gasteiger partial charge >= 0.3 is 0 Å². The smallest absolute Gasteiger partial charge is 0.152 e. The SMILES string of the molecule is Cc1cccc2c(C=O)c(C34CC5CC(CC(C5)C3)C4)[nH]c12. The number of aromatic nitrogens is 1. The average Bonchev–Trinajstić information content (AvgIpc) is 2.86. The van der Waals surface area contributed by atoms with Crippen molar-refractivity contribution in [1.82, 2.24) is 4.98 Å². The highest BCUT2D eigenvalue weighted by Gasteiger charge is 2.53. The summed E-state index contributed by atoms with van der Waals surface area (Å²) < 4.78 is 0. The van der Waals surface area contributed by atoms with E-state index in [0.29, 0.717) is 0 Å². The Bertz CT molecular complexity index is 734. The van der Waals surface area contributed by atoms with E-state index in [1.54, 1.807) is 0 Å². The van der Waals surface area contributed by atoms with Crippen LogP contribution in [-0.4, -0.2) is 11.3 Å². The van der Waals surface area contributed by atoms with Crippen LogP contribution in [0.3, 0.4) is 0 Å². The highest BCUT2D eigenvalue weighted by Crippen LogP contribution is 2.61. The number of para-hydroxylation sites is 1. The van der Waals surface area contributed by atoms with Crippen LogP contribution in [-0.2, 0) is 5.41 Å². The van der Waals surface area contributed by atoms with Gasteiger partial charge in [0.15, 0.2) is 6.29 Å². The molecule has 0 saturated heterocycles. The predicted octanol–water partition coefficient (Wildman–Crippen LogP) is 4.76. The number of aromatic amines is 1. The van der Waals surface area contributed by atoms with Gasteiger partial charge in [-0.25, -0.2) is 0 Å². The van der Waals surface area contributed by atoms with Crippen molar-refractivity contribution in [1.29, 1.82) is 0 Å². The van der Waals surface area contributed by atoms with Gasteiger partial charge in [0.1, 0.15) is 0 Å². The van der Waals surface area contributed by atoms with Gasteiger partial charge in [-0.05, 0) is 68.8 Å². The molecule has 4 bridgehead atoms. The van der Waals surface area contributed by atoms with Crippen molar-refractivity contribution < 1.29 is 4.79 Å². The minimum atomic E-state index is 0.260. The maximum absolute atomic E-state index is 11.9. The second kappa shape index (κ2) is 4.24. The van der Waals surface area contributed by atoms with Crippen molar-refractivity contribution in [3.05, 3.63) is 35.0 Å². The van der Waals surface area contributed by atoms with Crippen LogP contribution in [0.4, 0.5) is 0 Å². The van der Waals surface area contributed by atoms with Gasteiger partial charge in [-0.2, -0.15) is 0 Å². The van der Waals surface area contributed by atoms with Crippen LogP contribution in [0.1, 0.15) is 60.1 Å². The maximum Gasteiger partial charge on any atom is 0.152 e. The molecule has 22 heavy (non-hydrogen) atoms. The van der Waals surface area contributed by atoms with Crippen LogP contribution >= 0.6 is 0 Å². The van der Waals surface area contributed by atoms with Gasteiger partial charge in [-0.15, -0.1) is 0 Å². The van der Waals surface area contributed by atoms with Crippen molar-refractivity contribution >= 4 is 17.2 Å². The molecule has 0 radical (unpaired) electrons. The number of hydrogen-bond acceptors (Lipinski definition) is 1. The summed E-state index contributed by atoms with van der Waals surface area (Å²) >= 11 is 0. The number of nitrogens with one attached hydrogen (secondary N) is 1. The fraction of sp³-hybridized carbons (Fsp3) is 0.550. The highest BCUT2D eigenvalue weighted by atomic mass is 16.1. The van der Waals surface area contributed by atoms with E-state index in [1.807, 2.05) is 0 Å². The Morgan fingerprint density at radius 3 is 2.32 bits per heavy atom. The zero-order chi connectivity index (χ0) is 14.9. The van der Waals surface area contributed by atoms with Crippen LogP contribution in [0, 0.1) is 24.7 Å². The Labute approximate surface area is 131 Å². The first kappa shape index (κ1) is 12.9. The van der Waals surface area contributed by atoms with Gasteiger partial charge in [0.05, 0.1) is 0 Å². The lowest BCUT2D eigenvalue weighted by molar-refractivity contribution is -0.00710. The molecule has 1 aromatic heterocycles. The molecule has 4 aliphatic carbocycles. The van der Waals surface area contributed by atoms with Crippen molar-refractivity contribution in [2.45, 2.75) is 50.9 Å². The number of carbonyl (C=O) groups excluding carboxylic acids is 1. The second-order valence-electron chi connectivity index (χ2n) is 8.23. The van der Waals surface area contributed by atoms with E-state index in [9.17, 15) is 4.79 Å². The first-order valence-electron chi connectivity index (χ1n) is 8.75. The molecule has 0 unspecified atom stereocenters. The molecule has 4 aliphatic rings. The molecular formula is C20H23NO. The quantitative estimate of drug-likeness (QED) is 0.796. The van der Waals surface area contributed by atoms with Gasteiger partial charge in [-0.1, -0.05) is 18.2 Å². The number of aryl methyl sites for hydroxylation is 1. The lowest BCUT2D eigenvalue weighted by Crippen LogP contribution is -2.49. The predicted molar refractivity (Wildman–Crippen MR) is 88.3 cm³/mol. The summed E-state index contributed by atoms with van der Waals surface area (Å²) in [6, 6.07) is 6.31. The average molecular weight is 293 g/mol. The number of benzene rings is 1. The molecule has 2 aromatic rings. The molecule has 4 saturated carbocycles. The van der Waals surface area contributed by atoms with E-state index in [-0.39, 0.29) is 5.41 Å². The zero-order valence-corrected chi connectivity index (χ0v) is 13.2. The monoisotopic (exact) mass is 293 g/mol. The Morgan fingerprint density at radius 1 is 1.09 bits per heavy atom. The molecule has 0 atom stereocenters. The van der Waals surface area contributed by atoms with Crippen LogP contribution in [0.5, 0.6) is 0 Å². The molecule has 2 nitrogen and oxygen atoms in total. The third-order valence-electron chi connectivity index (χ3n) is 6.77. The fourth-order valence-electron chi connectivity index (χ4n) is 6.34. The number of fused-ring (bicyclic) bond motifs is 1. The molecule has 4 fully saturated rings. The van der Waals surface area contributed by atoms with Crippen LogP contribution in [0.2, 0.25) is 0 Å². The van der Waals surface area contributed by atoms with E-state index in [2.05, 4.69) is 30.1 Å². The second-order valence-corrected chi connectivity index (χ2v) is 8.23. The van der Waals surface area contributed by atoms with Gasteiger partial charge in [0, 0.05) is 27.6 Å². The largest absolute Gasteiger partial charge is 0.357 e. The van der Waals surface area contributed by atoms with Crippen LogP contribution in [0.15, 0.2) is 18.2 Å². The maximum atomic E-state index is 11.9. The molecule has 114 valence electrons. The molecule has 0 aliphatic heterocycles. The first-order valence-corrected chi connectivity index (χ1v) is 8.75. The molecule has 2 heteroatoms. The van der Waals surface area contributed by atoms with E-state index in [0.717, 1.165) is 35.0 Å². The van der Waals surface area contributed by atoms with Crippen molar-refractivity contribution in [2.75, 3.05) is 0 Å². The van der Waals surface area contributed by atoms with Crippen LogP contribution in [0.25, 0.3) is 10.9 Å². The minimum absolute atomic E-state index is 0.260.